The molecule has 2 aromatic carbocycles. The van der Waals surface area contributed by atoms with Crippen molar-refractivity contribution in [3.8, 4) is 0 Å². The van der Waals surface area contributed by atoms with Crippen molar-refractivity contribution in [3.05, 3.63) is 95.0 Å². The van der Waals surface area contributed by atoms with Crippen LogP contribution in [0.4, 0.5) is 22.9 Å². The Morgan fingerprint density at radius 1 is 1.00 bits per heavy atom. The fourth-order valence-corrected chi connectivity index (χ4v) is 6.43. The molecule has 10 nitrogen and oxygen atoms in total. The van der Waals surface area contributed by atoms with Gasteiger partial charge in [0.05, 0.1) is 58.1 Å². The van der Waals surface area contributed by atoms with Crippen LogP contribution in [-0.2, 0) is 11.3 Å². The fourth-order valence-electron chi connectivity index (χ4n) is 5.49. The van der Waals surface area contributed by atoms with Crippen LogP contribution in [0.5, 0.6) is 0 Å². The van der Waals surface area contributed by atoms with Gasteiger partial charge in [0.2, 0.25) is 0 Å². The van der Waals surface area contributed by atoms with E-state index in [4.69, 9.17) is 9.84 Å². The summed E-state index contributed by atoms with van der Waals surface area (Å²) in [7, 11) is 0. The molecule has 11 heteroatoms. The highest BCUT2D eigenvalue weighted by atomic mass is 32.1. The van der Waals surface area contributed by atoms with Crippen LogP contribution in [0, 0.1) is 13.8 Å². The lowest BCUT2D eigenvalue weighted by Gasteiger charge is -2.28. The summed E-state index contributed by atoms with van der Waals surface area (Å²) in [6.45, 7) is 7.75. The lowest BCUT2D eigenvalue weighted by Crippen LogP contribution is -2.36. The molecule has 1 aliphatic rings. The average molecular weight is 591 g/mol. The number of aryl methyl sites for hydroxylation is 2. The Morgan fingerprint density at radius 2 is 1.81 bits per heavy atom. The van der Waals surface area contributed by atoms with Crippen LogP contribution < -0.4 is 15.5 Å². The molecule has 0 atom stereocenters. The predicted octanol–water partition coefficient (Wildman–Crippen LogP) is 5.93. The number of pyridine rings is 1. The molecular formula is C32H30N8O2S. The number of morpholine rings is 1. The van der Waals surface area contributed by atoms with Gasteiger partial charge in [0.15, 0.2) is 5.82 Å². The lowest BCUT2D eigenvalue weighted by molar-refractivity contribution is 0.102. The van der Waals surface area contributed by atoms with Crippen molar-refractivity contribution in [2.45, 2.75) is 20.4 Å². The number of anilines is 4. The number of hydrogen-bond acceptors (Lipinski definition) is 9. The largest absolute Gasteiger partial charge is 0.378 e. The molecule has 0 bridgehead atoms. The molecule has 0 aliphatic carbocycles. The number of nitrogens with one attached hydrogen (secondary N) is 2. The van der Waals surface area contributed by atoms with Gasteiger partial charge in [0, 0.05) is 40.9 Å². The summed E-state index contributed by atoms with van der Waals surface area (Å²) in [5, 5.41) is 14.0. The molecule has 7 rings (SSSR count). The Morgan fingerprint density at radius 3 is 2.63 bits per heavy atom. The standard InChI is InChI=1S/C32H30N8O2S/c1-20-5-3-6-23(35-20)17-40-27-8-4-7-26(28(27)21(2)38-40)37-32(41)25-18-43-30-29(25)33-19-34-31(30)36-22-9-11-24(12-10-22)39-13-15-42-16-14-39/h3-12,18-19H,13-17H2,1-2H3,(H,37,41)(H,33,34,36). The molecule has 216 valence electrons. The molecule has 0 spiro atoms. The van der Waals surface area contributed by atoms with Crippen LogP contribution in [0.15, 0.2) is 72.4 Å². The van der Waals surface area contributed by atoms with Crippen molar-refractivity contribution in [1.82, 2.24) is 24.7 Å². The number of hydrogen-bond donors (Lipinski definition) is 2. The van der Waals surface area contributed by atoms with Crippen LogP contribution >= 0.6 is 11.3 Å². The van der Waals surface area contributed by atoms with Crippen molar-refractivity contribution < 1.29 is 9.53 Å². The summed E-state index contributed by atoms with van der Waals surface area (Å²) in [5.74, 6) is 0.433. The van der Waals surface area contributed by atoms with E-state index in [1.807, 2.05) is 72.4 Å². The zero-order valence-electron chi connectivity index (χ0n) is 23.9. The Bertz CT molecular complexity index is 1940. The molecule has 5 heterocycles. The number of benzene rings is 2. The first-order chi connectivity index (χ1) is 21.0. The van der Waals surface area contributed by atoms with Gasteiger partial charge in [0.25, 0.3) is 5.91 Å². The first-order valence-electron chi connectivity index (χ1n) is 14.2. The number of nitrogens with zero attached hydrogens (tertiary/aromatic N) is 6. The monoisotopic (exact) mass is 590 g/mol. The molecule has 2 N–H and O–H groups in total. The van der Waals surface area contributed by atoms with Gasteiger partial charge in [-0.1, -0.05) is 12.1 Å². The highest BCUT2D eigenvalue weighted by Gasteiger charge is 2.20. The molecule has 0 unspecified atom stereocenters. The van der Waals surface area contributed by atoms with Crippen LogP contribution in [0.2, 0.25) is 0 Å². The van der Waals surface area contributed by atoms with E-state index in [0.717, 1.165) is 64.7 Å². The zero-order chi connectivity index (χ0) is 29.3. The molecule has 0 radical (unpaired) electrons. The zero-order valence-corrected chi connectivity index (χ0v) is 24.7. The molecule has 43 heavy (non-hydrogen) atoms. The lowest BCUT2D eigenvalue weighted by atomic mass is 10.1. The summed E-state index contributed by atoms with van der Waals surface area (Å²) in [4.78, 5) is 29.5. The first kappa shape index (κ1) is 27.0. The highest BCUT2D eigenvalue weighted by molar-refractivity contribution is 7.18. The second-order valence-electron chi connectivity index (χ2n) is 10.5. The quantitative estimate of drug-likeness (QED) is 0.235. The van der Waals surface area contributed by atoms with E-state index in [0.29, 0.717) is 29.1 Å². The number of amides is 1. The molecule has 6 aromatic rings. The number of carbonyl (C=O) groups is 1. The first-order valence-corrected chi connectivity index (χ1v) is 15.0. The maximum absolute atomic E-state index is 13.6. The van der Waals surface area contributed by atoms with Gasteiger partial charge < -0.3 is 20.3 Å². The van der Waals surface area contributed by atoms with E-state index in [-0.39, 0.29) is 5.91 Å². The second kappa shape index (κ2) is 11.4. The van der Waals surface area contributed by atoms with Gasteiger partial charge in [-0.25, -0.2) is 9.97 Å². The minimum Gasteiger partial charge on any atom is -0.378 e. The van der Waals surface area contributed by atoms with Crippen LogP contribution in [0.1, 0.15) is 27.4 Å². The normalized spacial score (nSPS) is 13.5. The summed E-state index contributed by atoms with van der Waals surface area (Å²) in [6.07, 6.45) is 1.49. The number of fused-ring (bicyclic) bond motifs is 2. The third-order valence-electron chi connectivity index (χ3n) is 7.56. The van der Waals surface area contributed by atoms with Crippen molar-refractivity contribution in [2.75, 3.05) is 41.8 Å². The Labute approximate surface area is 252 Å². The van der Waals surface area contributed by atoms with Crippen molar-refractivity contribution in [2.24, 2.45) is 0 Å². The molecule has 1 saturated heterocycles. The number of carbonyl (C=O) groups excluding carboxylic acids is 1. The molecule has 1 fully saturated rings. The average Bonchev–Trinajstić information content (AvgIpc) is 3.60. The molecular weight excluding hydrogens is 560 g/mol. The molecule has 0 saturated carbocycles. The summed E-state index contributed by atoms with van der Waals surface area (Å²) >= 11 is 1.44. The van der Waals surface area contributed by atoms with Gasteiger partial charge in [0.1, 0.15) is 6.33 Å². The van der Waals surface area contributed by atoms with E-state index in [9.17, 15) is 4.79 Å². The summed E-state index contributed by atoms with van der Waals surface area (Å²) in [5.41, 5.74) is 7.55. The van der Waals surface area contributed by atoms with Gasteiger partial charge in [-0.2, -0.15) is 5.10 Å². The van der Waals surface area contributed by atoms with E-state index in [1.54, 1.807) is 0 Å². The van der Waals surface area contributed by atoms with Crippen molar-refractivity contribution in [1.29, 1.82) is 0 Å². The number of aromatic nitrogens is 5. The third kappa shape index (κ3) is 5.40. The van der Waals surface area contributed by atoms with E-state index < -0.39 is 0 Å². The predicted molar refractivity (Wildman–Crippen MR) is 171 cm³/mol. The molecule has 1 aliphatic heterocycles. The maximum Gasteiger partial charge on any atom is 0.258 e. The van der Waals surface area contributed by atoms with E-state index in [2.05, 4.69) is 42.6 Å². The summed E-state index contributed by atoms with van der Waals surface area (Å²) < 4.78 is 8.21. The minimum atomic E-state index is -0.231. The van der Waals surface area contributed by atoms with Crippen molar-refractivity contribution in [3.63, 3.8) is 0 Å². The minimum absolute atomic E-state index is 0.231. The topological polar surface area (TPSA) is 110 Å². The van der Waals surface area contributed by atoms with Gasteiger partial charge in [-0.3, -0.25) is 14.5 Å². The van der Waals surface area contributed by atoms with E-state index in [1.165, 1.54) is 23.4 Å². The SMILES string of the molecule is Cc1cccc(Cn2nc(C)c3c(NC(=O)c4csc5c(Nc6ccc(N7CCOCC7)cc6)ncnc45)cccc32)n1. The van der Waals surface area contributed by atoms with Gasteiger partial charge >= 0.3 is 0 Å². The van der Waals surface area contributed by atoms with Gasteiger partial charge in [-0.05, 0) is 62.4 Å². The highest BCUT2D eigenvalue weighted by Crippen LogP contribution is 2.33. The maximum atomic E-state index is 13.6. The summed E-state index contributed by atoms with van der Waals surface area (Å²) in [6, 6.07) is 20.1. The number of thiophene rings is 1. The van der Waals surface area contributed by atoms with Crippen LogP contribution in [0.3, 0.4) is 0 Å². The molecule has 4 aromatic heterocycles. The smallest absolute Gasteiger partial charge is 0.258 e. The van der Waals surface area contributed by atoms with Crippen molar-refractivity contribution >= 4 is 61.2 Å². The Balaban J connectivity index is 1.12. The number of rotatable bonds is 7. The third-order valence-corrected chi connectivity index (χ3v) is 8.54. The number of ether oxygens (including phenoxy) is 1. The molecule has 1 amide bonds. The van der Waals surface area contributed by atoms with Crippen LogP contribution in [-0.4, -0.2) is 56.9 Å². The fraction of sp³-hybridized carbons (Fsp3) is 0.219. The van der Waals surface area contributed by atoms with E-state index >= 15 is 0 Å². The second-order valence-corrected chi connectivity index (χ2v) is 11.4. The Kier molecular flexibility index (Phi) is 7.17. The Hall–Kier alpha value is -4.87. The van der Waals surface area contributed by atoms with Gasteiger partial charge in [-0.15, -0.1) is 11.3 Å². The van der Waals surface area contributed by atoms with Crippen LogP contribution in [0.25, 0.3) is 21.1 Å².